The quantitative estimate of drug-likeness (QED) is 0.771. The van der Waals surface area contributed by atoms with Crippen LogP contribution in [0.4, 0.5) is 5.82 Å². The van der Waals surface area contributed by atoms with E-state index in [1.54, 1.807) is 12.3 Å². The Bertz CT molecular complexity index is 821. The number of imidazole rings is 1. The number of anilines is 1. The molecule has 0 aliphatic heterocycles. The summed E-state index contributed by atoms with van der Waals surface area (Å²) in [6.07, 6.45) is 9.89. The largest absolute Gasteiger partial charge is 0.507 e. The minimum absolute atomic E-state index is 0.239. The number of hydrogen-bond acceptors (Lipinski definition) is 4. The third-order valence-corrected chi connectivity index (χ3v) is 4.51. The SMILES string of the molecule is Oc1ccccc1-c1nc2ncccn2c1NC1CCCCC1. The van der Waals surface area contributed by atoms with Crippen molar-refractivity contribution < 1.29 is 5.11 Å². The van der Waals surface area contributed by atoms with Crippen molar-refractivity contribution in [3.63, 3.8) is 0 Å². The molecule has 1 saturated carbocycles. The minimum Gasteiger partial charge on any atom is -0.507 e. The standard InChI is InChI=1S/C18H20N4O/c23-15-10-5-4-9-14(15)16-17(20-13-7-2-1-3-8-13)22-12-6-11-19-18(22)21-16/h4-6,9-13,20,23H,1-3,7-8H2. The highest BCUT2D eigenvalue weighted by Gasteiger charge is 2.21. The summed E-state index contributed by atoms with van der Waals surface area (Å²) in [5.74, 6) is 1.80. The number of phenolic OH excluding ortho intramolecular Hbond substituents is 1. The van der Waals surface area contributed by atoms with Gasteiger partial charge in [0.15, 0.2) is 0 Å². The van der Waals surface area contributed by atoms with Crippen LogP contribution >= 0.6 is 0 Å². The fraction of sp³-hybridized carbons (Fsp3) is 0.333. The molecule has 4 rings (SSSR count). The summed E-state index contributed by atoms with van der Waals surface area (Å²) >= 11 is 0. The molecule has 1 aromatic carbocycles. The predicted molar refractivity (Wildman–Crippen MR) is 90.6 cm³/mol. The maximum Gasteiger partial charge on any atom is 0.235 e. The topological polar surface area (TPSA) is 62.5 Å². The van der Waals surface area contributed by atoms with Gasteiger partial charge < -0.3 is 10.4 Å². The fourth-order valence-corrected chi connectivity index (χ4v) is 3.33. The number of benzene rings is 1. The van der Waals surface area contributed by atoms with E-state index >= 15 is 0 Å². The van der Waals surface area contributed by atoms with Gasteiger partial charge in [0.05, 0.1) is 0 Å². The van der Waals surface area contributed by atoms with Crippen molar-refractivity contribution in [3.8, 4) is 17.0 Å². The Balaban J connectivity index is 1.83. The van der Waals surface area contributed by atoms with Gasteiger partial charge in [-0.15, -0.1) is 0 Å². The Morgan fingerprint density at radius 1 is 1.09 bits per heavy atom. The molecule has 0 amide bonds. The molecule has 3 aromatic rings. The predicted octanol–water partition coefficient (Wildman–Crippen LogP) is 3.85. The molecule has 0 radical (unpaired) electrons. The lowest BCUT2D eigenvalue weighted by Crippen LogP contribution is -2.23. The highest BCUT2D eigenvalue weighted by Crippen LogP contribution is 2.35. The van der Waals surface area contributed by atoms with Gasteiger partial charge >= 0.3 is 0 Å². The lowest BCUT2D eigenvalue weighted by Gasteiger charge is -2.24. The molecule has 0 atom stereocenters. The number of para-hydroxylation sites is 1. The summed E-state index contributed by atoms with van der Waals surface area (Å²) in [7, 11) is 0. The van der Waals surface area contributed by atoms with Gasteiger partial charge in [0, 0.05) is 24.0 Å². The number of rotatable bonds is 3. The molecule has 0 bridgehead atoms. The van der Waals surface area contributed by atoms with E-state index in [4.69, 9.17) is 0 Å². The molecule has 5 nitrogen and oxygen atoms in total. The van der Waals surface area contributed by atoms with Gasteiger partial charge in [0.25, 0.3) is 0 Å². The van der Waals surface area contributed by atoms with E-state index in [0.717, 1.165) is 17.1 Å². The fourth-order valence-electron chi connectivity index (χ4n) is 3.33. The number of aromatic hydroxyl groups is 1. The third kappa shape index (κ3) is 2.63. The first kappa shape index (κ1) is 14.1. The summed E-state index contributed by atoms with van der Waals surface area (Å²) in [6, 6.07) is 9.67. The van der Waals surface area contributed by atoms with Gasteiger partial charge in [-0.3, -0.25) is 4.40 Å². The van der Waals surface area contributed by atoms with E-state index in [1.165, 1.54) is 32.1 Å². The number of hydrogen-bond donors (Lipinski definition) is 2. The summed E-state index contributed by atoms with van der Waals surface area (Å²) < 4.78 is 1.97. The monoisotopic (exact) mass is 308 g/mol. The van der Waals surface area contributed by atoms with E-state index in [-0.39, 0.29) is 5.75 Å². The zero-order valence-corrected chi connectivity index (χ0v) is 12.9. The lowest BCUT2D eigenvalue weighted by molar-refractivity contribution is 0.461. The summed E-state index contributed by atoms with van der Waals surface area (Å²) in [5, 5.41) is 13.9. The van der Waals surface area contributed by atoms with Gasteiger partial charge in [-0.25, -0.2) is 9.97 Å². The second-order valence-corrected chi connectivity index (χ2v) is 6.10. The molecule has 0 spiro atoms. The van der Waals surface area contributed by atoms with Crippen LogP contribution in [-0.4, -0.2) is 25.5 Å². The Morgan fingerprint density at radius 2 is 1.91 bits per heavy atom. The number of nitrogens with zero attached hydrogens (tertiary/aromatic N) is 3. The highest BCUT2D eigenvalue weighted by molar-refractivity contribution is 5.79. The van der Waals surface area contributed by atoms with Crippen LogP contribution in [-0.2, 0) is 0 Å². The van der Waals surface area contributed by atoms with Crippen molar-refractivity contribution in [2.24, 2.45) is 0 Å². The highest BCUT2D eigenvalue weighted by atomic mass is 16.3. The Morgan fingerprint density at radius 3 is 2.74 bits per heavy atom. The van der Waals surface area contributed by atoms with Gasteiger partial charge in [0.1, 0.15) is 17.3 Å². The van der Waals surface area contributed by atoms with Crippen LogP contribution in [0.15, 0.2) is 42.7 Å². The minimum atomic E-state index is 0.239. The molecule has 1 fully saturated rings. The van der Waals surface area contributed by atoms with Crippen molar-refractivity contribution >= 4 is 11.6 Å². The van der Waals surface area contributed by atoms with Gasteiger partial charge in [-0.2, -0.15) is 0 Å². The lowest BCUT2D eigenvalue weighted by atomic mass is 9.95. The first-order valence-corrected chi connectivity index (χ1v) is 8.21. The van der Waals surface area contributed by atoms with Crippen molar-refractivity contribution in [1.29, 1.82) is 0 Å². The first-order valence-electron chi connectivity index (χ1n) is 8.21. The van der Waals surface area contributed by atoms with Crippen LogP contribution in [0.5, 0.6) is 5.75 Å². The summed E-state index contributed by atoms with van der Waals surface area (Å²) in [4.78, 5) is 8.98. The van der Waals surface area contributed by atoms with Crippen molar-refractivity contribution in [1.82, 2.24) is 14.4 Å². The van der Waals surface area contributed by atoms with Crippen LogP contribution < -0.4 is 5.32 Å². The van der Waals surface area contributed by atoms with E-state index in [2.05, 4.69) is 15.3 Å². The molecular weight excluding hydrogens is 288 g/mol. The molecule has 5 heteroatoms. The molecule has 2 heterocycles. The molecule has 23 heavy (non-hydrogen) atoms. The van der Waals surface area contributed by atoms with Crippen LogP contribution in [0.3, 0.4) is 0 Å². The van der Waals surface area contributed by atoms with Crippen molar-refractivity contribution in [2.45, 2.75) is 38.1 Å². The second kappa shape index (κ2) is 5.91. The Hall–Kier alpha value is -2.56. The number of fused-ring (bicyclic) bond motifs is 1. The number of phenols is 1. The molecule has 1 aliphatic carbocycles. The van der Waals surface area contributed by atoms with Crippen LogP contribution in [0.2, 0.25) is 0 Å². The van der Waals surface area contributed by atoms with Crippen LogP contribution in [0, 0.1) is 0 Å². The normalized spacial score (nSPS) is 15.8. The Kier molecular flexibility index (Phi) is 3.61. The van der Waals surface area contributed by atoms with Gasteiger partial charge in [-0.1, -0.05) is 31.4 Å². The maximum atomic E-state index is 10.2. The number of nitrogens with one attached hydrogen (secondary N) is 1. The first-order chi connectivity index (χ1) is 11.3. The molecular formula is C18H20N4O. The molecule has 2 N–H and O–H groups in total. The average molecular weight is 308 g/mol. The Labute approximate surface area is 135 Å². The zero-order valence-electron chi connectivity index (χ0n) is 12.9. The van der Waals surface area contributed by atoms with E-state index in [1.807, 2.05) is 34.9 Å². The number of aromatic nitrogens is 3. The molecule has 0 saturated heterocycles. The van der Waals surface area contributed by atoms with E-state index in [9.17, 15) is 5.11 Å². The van der Waals surface area contributed by atoms with Crippen LogP contribution in [0.25, 0.3) is 17.0 Å². The molecule has 118 valence electrons. The average Bonchev–Trinajstić information content (AvgIpc) is 2.95. The summed E-state index contributed by atoms with van der Waals surface area (Å²) in [6.45, 7) is 0. The molecule has 0 unspecified atom stereocenters. The van der Waals surface area contributed by atoms with Crippen molar-refractivity contribution in [3.05, 3.63) is 42.7 Å². The molecule has 2 aromatic heterocycles. The van der Waals surface area contributed by atoms with Gasteiger partial charge in [0.2, 0.25) is 5.78 Å². The van der Waals surface area contributed by atoms with Gasteiger partial charge in [-0.05, 0) is 31.0 Å². The van der Waals surface area contributed by atoms with E-state index < -0.39 is 0 Å². The maximum absolute atomic E-state index is 10.2. The third-order valence-electron chi connectivity index (χ3n) is 4.51. The molecule has 1 aliphatic rings. The zero-order chi connectivity index (χ0) is 15.6. The van der Waals surface area contributed by atoms with E-state index in [0.29, 0.717) is 11.8 Å². The summed E-state index contributed by atoms with van der Waals surface area (Å²) in [5.41, 5.74) is 1.49. The van der Waals surface area contributed by atoms with Crippen LogP contribution in [0.1, 0.15) is 32.1 Å². The second-order valence-electron chi connectivity index (χ2n) is 6.10. The van der Waals surface area contributed by atoms with Crippen molar-refractivity contribution in [2.75, 3.05) is 5.32 Å². The smallest absolute Gasteiger partial charge is 0.235 e.